The summed E-state index contributed by atoms with van der Waals surface area (Å²) in [6.07, 6.45) is 1.92. The van der Waals surface area contributed by atoms with E-state index in [1.807, 2.05) is 44.2 Å². The van der Waals surface area contributed by atoms with Gasteiger partial charge in [0.15, 0.2) is 11.5 Å². The van der Waals surface area contributed by atoms with Crippen LogP contribution in [0.2, 0.25) is 0 Å². The van der Waals surface area contributed by atoms with Crippen LogP contribution in [-0.4, -0.2) is 57.4 Å². The Kier molecular flexibility index (Phi) is 10.7. The topological polar surface area (TPSA) is 76.2 Å². The normalized spacial score (nSPS) is 11.5. The van der Waals surface area contributed by atoms with Crippen LogP contribution in [0.3, 0.4) is 0 Å². The van der Waals surface area contributed by atoms with Crippen LogP contribution in [0.15, 0.2) is 59.5 Å². The number of aryl methyl sites for hydroxylation is 1. The van der Waals surface area contributed by atoms with E-state index in [-0.39, 0.29) is 23.9 Å². The van der Waals surface area contributed by atoms with Crippen LogP contribution in [0, 0.1) is 12.7 Å². The number of carbonyl (C=O) groups is 1. The average molecular weight is 563 g/mol. The highest BCUT2D eigenvalue weighted by Gasteiger charge is 2.28. The van der Waals surface area contributed by atoms with Crippen LogP contribution >= 0.6 is 11.3 Å². The zero-order chi connectivity index (χ0) is 27.7. The van der Waals surface area contributed by atoms with Crippen molar-refractivity contribution in [2.45, 2.75) is 44.6 Å². The van der Waals surface area contributed by atoms with E-state index in [1.165, 1.54) is 16.4 Å². The fourth-order valence-corrected chi connectivity index (χ4v) is 6.31. The van der Waals surface area contributed by atoms with Crippen molar-refractivity contribution in [1.29, 1.82) is 0 Å². The number of thiophene rings is 1. The molecule has 206 valence electrons. The molecule has 0 unspecified atom stereocenters. The first-order valence-corrected chi connectivity index (χ1v) is 14.7. The van der Waals surface area contributed by atoms with Gasteiger partial charge in [-0.25, -0.2) is 12.8 Å². The van der Waals surface area contributed by atoms with Gasteiger partial charge in [0.25, 0.3) is 0 Å². The van der Waals surface area contributed by atoms with E-state index in [1.54, 1.807) is 30.5 Å². The maximum Gasteiger partial charge on any atom is 0.243 e. The Bertz CT molecular complexity index is 1310. The van der Waals surface area contributed by atoms with Crippen LogP contribution < -0.4 is 9.47 Å². The lowest BCUT2D eigenvalue weighted by Gasteiger charge is -2.27. The molecular weight excluding hydrogens is 527 g/mol. The lowest BCUT2D eigenvalue weighted by atomic mass is 10.1. The summed E-state index contributed by atoms with van der Waals surface area (Å²) in [5.74, 6) is 0.412. The zero-order valence-electron chi connectivity index (χ0n) is 22.3. The molecule has 0 atom stereocenters. The second kappa shape index (κ2) is 13.7. The van der Waals surface area contributed by atoms with Crippen molar-refractivity contribution in [3.63, 3.8) is 0 Å². The van der Waals surface area contributed by atoms with Gasteiger partial charge in [-0.15, -0.1) is 11.3 Å². The second-order valence-electron chi connectivity index (χ2n) is 8.91. The average Bonchev–Trinajstić information content (AvgIpc) is 3.33. The minimum absolute atomic E-state index is 0.0337. The van der Waals surface area contributed by atoms with Crippen molar-refractivity contribution in [1.82, 2.24) is 9.21 Å². The molecule has 0 N–H and O–H groups in total. The number of nitrogens with zero attached hydrogens (tertiary/aromatic N) is 2. The van der Waals surface area contributed by atoms with Crippen molar-refractivity contribution in [3.05, 3.63) is 75.7 Å². The van der Waals surface area contributed by atoms with Crippen LogP contribution in [0.25, 0.3) is 0 Å². The van der Waals surface area contributed by atoms with Gasteiger partial charge in [-0.1, -0.05) is 19.4 Å². The van der Waals surface area contributed by atoms with E-state index in [0.29, 0.717) is 37.4 Å². The number of ether oxygens (including phenoxy) is 2. The summed E-state index contributed by atoms with van der Waals surface area (Å²) >= 11 is 1.60. The first-order valence-electron chi connectivity index (χ1n) is 12.5. The first-order chi connectivity index (χ1) is 18.2. The lowest BCUT2D eigenvalue weighted by Crippen LogP contribution is -2.43. The van der Waals surface area contributed by atoms with Crippen LogP contribution in [0.1, 0.15) is 35.1 Å². The molecule has 3 rings (SSSR count). The molecule has 1 aromatic heterocycles. The SMILES string of the molecule is CCCCN(CC(=O)N(CCc1ccc(OC)c(OC)c1)Cc1ccc(C)s1)S(=O)(=O)c1ccc(F)cc1. The molecular formula is C28H35FN2O5S2. The molecule has 10 heteroatoms. The van der Waals surface area contributed by atoms with Crippen LogP contribution in [-0.2, 0) is 27.8 Å². The molecule has 2 aromatic carbocycles. The minimum atomic E-state index is -3.98. The summed E-state index contributed by atoms with van der Waals surface area (Å²) < 4.78 is 52.1. The molecule has 0 saturated carbocycles. The maximum absolute atomic E-state index is 13.6. The molecule has 7 nitrogen and oxygen atoms in total. The fourth-order valence-electron chi connectivity index (χ4n) is 3.98. The molecule has 0 saturated heterocycles. The van der Waals surface area contributed by atoms with E-state index < -0.39 is 15.8 Å². The fraction of sp³-hybridized carbons (Fsp3) is 0.393. The Morgan fingerprint density at radius 1 is 0.974 bits per heavy atom. The molecule has 0 aliphatic heterocycles. The summed E-state index contributed by atoms with van der Waals surface area (Å²) in [5.41, 5.74) is 0.963. The van der Waals surface area contributed by atoms with Crippen molar-refractivity contribution in [2.24, 2.45) is 0 Å². The quantitative estimate of drug-likeness (QED) is 0.267. The third-order valence-corrected chi connectivity index (χ3v) is 8.98. The van der Waals surface area contributed by atoms with Gasteiger partial charge in [0.05, 0.1) is 32.2 Å². The van der Waals surface area contributed by atoms with Crippen molar-refractivity contribution in [2.75, 3.05) is 33.9 Å². The summed E-state index contributed by atoms with van der Waals surface area (Å²) in [6.45, 7) is 4.64. The lowest BCUT2D eigenvalue weighted by molar-refractivity contribution is -0.132. The molecule has 0 aliphatic rings. The number of hydrogen-bond acceptors (Lipinski definition) is 6. The molecule has 38 heavy (non-hydrogen) atoms. The van der Waals surface area contributed by atoms with Crippen LogP contribution in [0.5, 0.6) is 11.5 Å². The minimum Gasteiger partial charge on any atom is -0.493 e. The van der Waals surface area contributed by atoms with Crippen molar-refractivity contribution < 1.29 is 27.1 Å². The van der Waals surface area contributed by atoms with Crippen LogP contribution in [0.4, 0.5) is 4.39 Å². The Morgan fingerprint density at radius 2 is 1.68 bits per heavy atom. The molecule has 0 fully saturated rings. The van der Waals surface area contributed by atoms with Gasteiger partial charge >= 0.3 is 0 Å². The molecule has 3 aromatic rings. The summed E-state index contributed by atoms with van der Waals surface area (Å²) in [7, 11) is -0.833. The summed E-state index contributed by atoms with van der Waals surface area (Å²) in [4.78, 5) is 17.4. The highest BCUT2D eigenvalue weighted by molar-refractivity contribution is 7.89. The number of carbonyl (C=O) groups excluding carboxylic acids is 1. The van der Waals surface area contributed by atoms with Gasteiger partial charge in [-0.2, -0.15) is 4.31 Å². The van der Waals surface area contributed by atoms with Gasteiger partial charge < -0.3 is 14.4 Å². The van der Waals surface area contributed by atoms with Gasteiger partial charge in [-0.05, 0) is 73.9 Å². The highest BCUT2D eigenvalue weighted by Crippen LogP contribution is 2.28. The molecule has 0 bridgehead atoms. The largest absolute Gasteiger partial charge is 0.493 e. The van der Waals surface area contributed by atoms with E-state index in [9.17, 15) is 17.6 Å². The molecule has 1 heterocycles. The first kappa shape index (κ1) is 29.6. The van der Waals surface area contributed by atoms with Gasteiger partial charge in [-0.3, -0.25) is 4.79 Å². The van der Waals surface area contributed by atoms with Crippen molar-refractivity contribution in [3.8, 4) is 11.5 Å². The number of unbranched alkanes of at least 4 members (excludes halogenated alkanes) is 1. The zero-order valence-corrected chi connectivity index (χ0v) is 23.9. The Morgan fingerprint density at radius 3 is 2.29 bits per heavy atom. The maximum atomic E-state index is 13.6. The summed E-state index contributed by atoms with van der Waals surface area (Å²) in [6, 6.07) is 14.3. The molecule has 0 radical (unpaired) electrons. The number of hydrogen-bond donors (Lipinski definition) is 0. The predicted molar refractivity (Wildman–Crippen MR) is 148 cm³/mol. The van der Waals surface area contributed by atoms with Crippen molar-refractivity contribution >= 4 is 27.3 Å². The third-order valence-electron chi connectivity index (χ3n) is 6.14. The highest BCUT2D eigenvalue weighted by atomic mass is 32.2. The van der Waals surface area contributed by atoms with E-state index in [4.69, 9.17) is 9.47 Å². The number of sulfonamides is 1. The second-order valence-corrected chi connectivity index (χ2v) is 12.2. The summed E-state index contributed by atoms with van der Waals surface area (Å²) in [5, 5.41) is 0. The molecule has 0 aliphatic carbocycles. The number of benzene rings is 2. The molecule has 0 spiro atoms. The number of methoxy groups -OCH3 is 2. The Balaban J connectivity index is 1.84. The Hall–Kier alpha value is -2.95. The van der Waals surface area contributed by atoms with E-state index >= 15 is 0 Å². The number of rotatable bonds is 14. The van der Waals surface area contributed by atoms with E-state index in [2.05, 4.69) is 0 Å². The van der Waals surface area contributed by atoms with E-state index in [0.717, 1.165) is 33.9 Å². The van der Waals surface area contributed by atoms with Gasteiger partial charge in [0.1, 0.15) is 5.82 Å². The smallest absolute Gasteiger partial charge is 0.243 e. The standard InChI is InChI=1S/C28H35FN2O5S2/c1-5-6-16-31(38(33,34)25-12-9-23(29)10-13-25)20-28(32)30(19-24-11-7-21(2)37-24)17-15-22-8-14-26(35-3)27(18-22)36-4/h7-14,18H,5-6,15-17,19-20H2,1-4H3. The monoisotopic (exact) mass is 562 g/mol. The number of amides is 1. The van der Waals surface area contributed by atoms with Gasteiger partial charge in [0.2, 0.25) is 15.9 Å². The van der Waals surface area contributed by atoms with Gasteiger partial charge in [0, 0.05) is 22.8 Å². The third kappa shape index (κ3) is 7.78. The Labute approximate surface area is 228 Å². The molecule has 1 amide bonds. The number of halogens is 1. The predicted octanol–water partition coefficient (Wildman–Crippen LogP) is 5.28.